The van der Waals surface area contributed by atoms with Crippen LogP contribution >= 0.6 is 11.6 Å². The summed E-state index contributed by atoms with van der Waals surface area (Å²) in [6.45, 7) is 4.03. The molecular weight excluding hydrogens is 263 g/mol. The molecule has 2 nitrogen and oxygen atoms in total. The molecule has 0 spiro atoms. The standard InChI is InChI=1S/C15H16ClFN2/c1-3-13(11-4-6-12(17)7-5-11)19-14-8-10(2)9-18-15(14)16/h4-9,13,19H,3H2,1-2H3. The monoisotopic (exact) mass is 278 g/mol. The van der Waals surface area contributed by atoms with E-state index in [1.54, 1.807) is 18.3 Å². The predicted molar refractivity (Wildman–Crippen MR) is 77.0 cm³/mol. The molecule has 1 atom stereocenters. The van der Waals surface area contributed by atoms with Crippen molar-refractivity contribution in [2.24, 2.45) is 0 Å². The lowest BCUT2D eigenvalue weighted by atomic mass is 10.0. The number of nitrogens with one attached hydrogen (secondary N) is 1. The number of halogens is 2. The Morgan fingerprint density at radius 3 is 2.63 bits per heavy atom. The highest BCUT2D eigenvalue weighted by atomic mass is 35.5. The SMILES string of the molecule is CCC(Nc1cc(C)cnc1Cl)c1ccc(F)cc1. The smallest absolute Gasteiger partial charge is 0.152 e. The van der Waals surface area contributed by atoms with Gasteiger partial charge in [-0.25, -0.2) is 9.37 Å². The van der Waals surface area contributed by atoms with Crippen LogP contribution in [0.2, 0.25) is 5.15 Å². The number of aromatic nitrogens is 1. The summed E-state index contributed by atoms with van der Waals surface area (Å²) in [6.07, 6.45) is 2.60. The molecule has 100 valence electrons. The Morgan fingerprint density at radius 2 is 2.00 bits per heavy atom. The van der Waals surface area contributed by atoms with Crippen LogP contribution in [0.25, 0.3) is 0 Å². The second-order valence-corrected chi connectivity index (χ2v) is 4.87. The van der Waals surface area contributed by atoms with E-state index in [1.165, 1.54) is 12.1 Å². The van der Waals surface area contributed by atoms with Crippen LogP contribution in [0.1, 0.15) is 30.5 Å². The van der Waals surface area contributed by atoms with Crippen molar-refractivity contribution < 1.29 is 4.39 Å². The minimum atomic E-state index is -0.228. The first-order chi connectivity index (χ1) is 9.10. The van der Waals surface area contributed by atoms with Crippen molar-refractivity contribution in [2.45, 2.75) is 26.3 Å². The van der Waals surface area contributed by atoms with Gasteiger partial charge in [0.15, 0.2) is 5.15 Å². The number of aryl methyl sites for hydroxylation is 1. The molecule has 1 aromatic heterocycles. The molecule has 0 bridgehead atoms. The minimum Gasteiger partial charge on any atom is -0.376 e. The summed E-state index contributed by atoms with van der Waals surface area (Å²) in [5.74, 6) is -0.228. The van der Waals surface area contributed by atoms with Crippen LogP contribution in [0.15, 0.2) is 36.5 Å². The molecule has 1 aromatic carbocycles. The lowest BCUT2D eigenvalue weighted by Crippen LogP contribution is -2.10. The molecule has 0 saturated carbocycles. The van der Waals surface area contributed by atoms with Crippen molar-refractivity contribution in [3.05, 3.63) is 58.6 Å². The molecule has 0 fully saturated rings. The van der Waals surface area contributed by atoms with Crippen molar-refractivity contribution in [1.82, 2.24) is 4.98 Å². The van der Waals surface area contributed by atoms with Crippen LogP contribution in [0.5, 0.6) is 0 Å². The number of rotatable bonds is 4. The largest absolute Gasteiger partial charge is 0.376 e. The van der Waals surface area contributed by atoms with Crippen molar-refractivity contribution in [1.29, 1.82) is 0 Å². The summed E-state index contributed by atoms with van der Waals surface area (Å²) >= 11 is 6.08. The van der Waals surface area contributed by atoms with Crippen molar-refractivity contribution in [2.75, 3.05) is 5.32 Å². The fourth-order valence-corrected chi connectivity index (χ4v) is 2.12. The van der Waals surface area contributed by atoms with Crippen LogP contribution < -0.4 is 5.32 Å². The third-order valence-electron chi connectivity index (χ3n) is 2.99. The Labute approximate surface area is 117 Å². The van der Waals surface area contributed by atoms with Gasteiger partial charge in [0.2, 0.25) is 0 Å². The molecule has 2 aromatic rings. The highest BCUT2D eigenvalue weighted by molar-refractivity contribution is 6.31. The molecule has 0 saturated heterocycles. The zero-order valence-electron chi connectivity index (χ0n) is 11.0. The molecule has 2 rings (SSSR count). The first-order valence-electron chi connectivity index (χ1n) is 6.24. The zero-order chi connectivity index (χ0) is 13.8. The van der Waals surface area contributed by atoms with E-state index in [9.17, 15) is 4.39 Å². The average molecular weight is 279 g/mol. The second kappa shape index (κ2) is 6.02. The van der Waals surface area contributed by atoms with Gasteiger partial charge in [-0.2, -0.15) is 0 Å². The topological polar surface area (TPSA) is 24.9 Å². The summed E-state index contributed by atoms with van der Waals surface area (Å²) in [5, 5.41) is 3.81. The van der Waals surface area contributed by atoms with E-state index >= 15 is 0 Å². The first-order valence-corrected chi connectivity index (χ1v) is 6.62. The Hall–Kier alpha value is -1.61. The Kier molecular flexibility index (Phi) is 4.38. The Balaban J connectivity index is 2.23. The number of anilines is 1. The summed E-state index contributed by atoms with van der Waals surface area (Å²) < 4.78 is 12.9. The fraction of sp³-hybridized carbons (Fsp3) is 0.267. The number of hydrogen-bond donors (Lipinski definition) is 1. The van der Waals surface area contributed by atoms with Gasteiger partial charge in [0.1, 0.15) is 5.82 Å². The van der Waals surface area contributed by atoms with Gasteiger partial charge in [0.25, 0.3) is 0 Å². The summed E-state index contributed by atoms with van der Waals surface area (Å²) in [4.78, 5) is 4.12. The molecule has 1 unspecified atom stereocenters. The lowest BCUT2D eigenvalue weighted by Gasteiger charge is -2.19. The van der Waals surface area contributed by atoms with Gasteiger partial charge in [-0.3, -0.25) is 0 Å². The molecule has 0 radical (unpaired) electrons. The number of benzene rings is 1. The molecule has 1 N–H and O–H groups in total. The first kappa shape index (κ1) is 13.8. The van der Waals surface area contributed by atoms with Crippen LogP contribution in [0.4, 0.5) is 10.1 Å². The Morgan fingerprint density at radius 1 is 1.32 bits per heavy atom. The van der Waals surface area contributed by atoms with Gasteiger partial charge in [-0.15, -0.1) is 0 Å². The summed E-state index contributed by atoms with van der Waals surface area (Å²) in [6, 6.07) is 8.55. The normalized spacial score (nSPS) is 12.2. The van der Waals surface area contributed by atoms with E-state index in [0.717, 1.165) is 23.2 Å². The predicted octanol–water partition coefficient (Wildman–Crippen LogP) is 4.75. The van der Waals surface area contributed by atoms with E-state index < -0.39 is 0 Å². The van der Waals surface area contributed by atoms with E-state index in [2.05, 4.69) is 17.2 Å². The maximum absolute atomic E-state index is 12.9. The number of hydrogen-bond acceptors (Lipinski definition) is 2. The number of pyridine rings is 1. The molecule has 4 heteroatoms. The maximum Gasteiger partial charge on any atom is 0.152 e. The molecule has 0 aliphatic carbocycles. The third kappa shape index (κ3) is 3.44. The summed E-state index contributed by atoms with van der Waals surface area (Å²) in [7, 11) is 0. The highest BCUT2D eigenvalue weighted by Crippen LogP contribution is 2.27. The van der Waals surface area contributed by atoms with E-state index in [-0.39, 0.29) is 11.9 Å². The lowest BCUT2D eigenvalue weighted by molar-refractivity contribution is 0.625. The van der Waals surface area contributed by atoms with Gasteiger partial charge in [0, 0.05) is 6.20 Å². The van der Waals surface area contributed by atoms with Crippen LogP contribution in [0, 0.1) is 12.7 Å². The number of nitrogens with zero attached hydrogens (tertiary/aromatic N) is 1. The van der Waals surface area contributed by atoms with Crippen LogP contribution in [-0.2, 0) is 0 Å². The average Bonchev–Trinajstić information content (AvgIpc) is 2.41. The van der Waals surface area contributed by atoms with Crippen molar-refractivity contribution >= 4 is 17.3 Å². The zero-order valence-corrected chi connectivity index (χ0v) is 11.7. The van der Waals surface area contributed by atoms with Crippen LogP contribution in [0.3, 0.4) is 0 Å². The Bertz CT molecular complexity index is 555. The van der Waals surface area contributed by atoms with Gasteiger partial charge >= 0.3 is 0 Å². The quantitative estimate of drug-likeness (QED) is 0.817. The second-order valence-electron chi connectivity index (χ2n) is 4.51. The molecule has 1 heterocycles. The van der Waals surface area contributed by atoms with Gasteiger partial charge in [-0.05, 0) is 42.7 Å². The van der Waals surface area contributed by atoms with E-state index in [1.807, 2.05) is 13.0 Å². The minimum absolute atomic E-state index is 0.0849. The molecule has 0 aliphatic heterocycles. The van der Waals surface area contributed by atoms with Crippen molar-refractivity contribution in [3.63, 3.8) is 0 Å². The molecule has 0 aliphatic rings. The van der Waals surface area contributed by atoms with Crippen LogP contribution in [-0.4, -0.2) is 4.98 Å². The van der Waals surface area contributed by atoms with E-state index in [0.29, 0.717) is 5.15 Å². The molecule has 19 heavy (non-hydrogen) atoms. The third-order valence-corrected chi connectivity index (χ3v) is 3.29. The van der Waals surface area contributed by atoms with Crippen molar-refractivity contribution in [3.8, 4) is 0 Å². The molecular formula is C15H16ClFN2. The van der Waals surface area contributed by atoms with Gasteiger partial charge in [-0.1, -0.05) is 30.7 Å². The molecule has 0 amide bonds. The van der Waals surface area contributed by atoms with E-state index in [4.69, 9.17) is 11.6 Å². The summed E-state index contributed by atoms with van der Waals surface area (Å²) in [5.41, 5.74) is 2.88. The fourth-order valence-electron chi connectivity index (χ4n) is 1.96. The maximum atomic E-state index is 12.9. The van der Waals surface area contributed by atoms with Gasteiger partial charge < -0.3 is 5.32 Å². The van der Waals surface area contributed by atoms with Gasteiger partial charge in [0.05, 0.1) is 11.7 Å². The highest BCUT2D eigenvalue weighted by Gasteiger charge is 2.11.